The number of nitrogens with one attached hydrogen (secondary N) is 3. The third-order valence-corrected chi connectivity index (χ3v) is 8.86. The fraction of sp³-hybridized carbons (Fsp3) is 0.243. The van der Waals surface area contributed by atoms with Gasteiger partial charge in [-0.2, -0.15) is 0 Å². The summed E-state index contributed by atoms with van der Waals surface area (Å²) in [5.41, 5.74) is 6.76. The largest absolute Gasteiger partial charge is 0.480 e. The van der Waals surface area contributed by atoms with Crippen molar-refractivity contribution >= 4 is 46.5 Å². The van der Waals surface area contributed by atoms with Gasteiger partial charge in [-0.15, -0.1) is 0 Å². The maximum absolute atomic E-state index is 12.7. The van der Waals surface area contributed by atoms with Crippen LogP contribution in [-0.4, -0.2) is 48.2 Å². The third kappa shape index (κ3) is 9.19. The molecule has 4 N–H and O–H groups in total. The van der Waals surface area contributed by atoms with E-state index < -0.39 is 18.1 Å². The number of ether oxygens (including phenoxy) is 1. The highest BCUT2D eigenvalue weighted by Gasteiger charge is 2.29. The van der Waals surface area contributed by atoms with Gasteiger partial charge in [-0.3, -0.25) is 9.59 Å². The Kier molecular flexibility index (Phi) is 11.6. The van der Waals surface area contributed by atoms with Crippen molar-refractivity contribution < 1.29 is 29.0 Å². The lowest BCUT2D eigenvalue weighted by Gasteiger charge is -2.17. The zero-order valence-corrected chi connectivity index (χ0v) is 27.9. The van der Waals surface area contributed by atoms with Crippen LogP contribution in [0.2, 0.25) is 0 Å². The maximum Gasteiger partial charge on any atom is 0.407 e. The second-order valence-corrected chi connectivity index (χ2v) is 12.6. The van der Waals surface area contributed by atoms with Crippen LogP contribution in [0.4, 0.5) is 4.79 Å². The highest BCUT2D eigenvalue weighted by atomic mass is 127. The molecule has 10 heteroatoms. The number of hydrogen-bond acceptors (Lipinski definition) is 5. The van der Waals surface area contributed by atoms with Gasteiger partial charge < -0.3 is 25.8 Å². The topological polar surface area (TPSA) is 134 Å². The molecule has 9 nitrogen and oxygen atoms in total. The number of carboxylic acid groups (broad SMARTS) is 1. The Morgan fingerprint density at radius 1 is 0.787 bits per heavy atom. The standard InChI is InChI=1S/C37H36IN3O6/c38-27-18-14-24(15-19-27)6-5-11-34(42)40-22-25-12-16-26(17-13-25)35(43)39-21-20-33(36(44)45)41-37(46)47-23-32-30-9-3-1-7-28(30)29-8-2-4-10-31(29)32/h1-4,7-10,12-19,32-33H,5-6,11,20-23H2,(H,39,43)(H,40,42)(H,41,46)(H,44,45)/t33-/m0/s1. The first-order valence-corrected chi connectivity index (χ1v) is 16.6. The molecule has 3 amide bonds. The molecular weight excluding hydrogens is 709 g/mol. The summed E-state index contributed by atoms with van der Waals surface area (Å²) < 4.78 is 6.66. The quantitative estimate of drug-likeness (QED) is 0.116. The number of fused-ring (bicyclic) bond motifs is 3. The first-order chi connectivity index (χ1) is 22.8. The zero-order chi connectivity index (χ0) is 33.2. The summed E-state index contributed by atoms with van der Waals surface area (Å²) >= 11 is 2.27. The van der Waals surface area contributed by atoms with E-state index in [4.69, 9.17) is 4.74 Å². The van der Waals surface area contributed by atoms with E-state index in [1.807, 2.05) is 48.5 Å². The summed E-state index contributed by atoms with van der Waals surface area (Å²) in [6, 6.07) is 29.7. The molecule has 0 aliphatic heterocycles. The summed E-state index contributed by atoms with van der Waals surface area (Å²) in [6.07, 6.45) is 1.17. The van der Waals surface area contributed by atoms with Crippen molar-refractivity contribution in [3.8, 4) is 11.1 Å². The summed E-state index contributed by atoms with van der Waals surface area (Å²) in [6.45, 7) is 0.446. The molecule has 242 valence electrons. The number of aryl methyl sites for hydroxylation is 1. The van der Waals surface area contributed by atoms with Crippen molar-refractivity contribution in [3.63, 3.8) is 0 Å². The Bertz CT molecular complexity index is 1680. The van der Waals surface area contributed by atoms with Crippen LogP contribution in [0.15, 0.2) is 97.1 Å². The Morgan fingerprint density at radius 3 is 2.04 bits per heavy atom. The number of halogens is 1. The zero-order valence-electron chi connectivity index (χ0n) is 25.7. The number of rotatable bonds is 14. The molecule has 0 bridgehead atoms. The minimum absolute atomic E-state index is 0.0273. The fourth-order valence-corrected chi connectivity index (χ4v) is 6.00. The number of aliphatic carboxylic acids is 1. The number of carbonyl (C=O) groups is 4. The van der Waals surface area contributed by atoms with Gasteiger partial charge >= 0.3 is 12.1 Å². The molecule has 4 aromatic carbocycles. The lowest BCUT2D eigenvalue weighted by molar-refractivity contribution is -0.139. The molecule has 47 heavy (non-hydrogen) atoms. The number of alkyl carbamates (subject to hydrolysis) is 1. The monoisotopic (exact) mass is 745 g/mol. The van der Waals surface area contributed by atoms with Gasteiger partial charge in [0.25, 0.3) is 5.91 Å². The highest BCUT2D eigenvalue weighted by Crippen LogP contribution is 2.44. The van der Waals surface area contributed by atoms with Crippen molar-refractivity contribution in [1.82, 2.24) is 16.0 Å². The third-order valence-electron chi connectivity index (χ3n) is 8.14. The van der Waals surface area contributed by atoms with Gasteiger partial charge in [0, 0.05) is 34.6 Å². The van der Waals surface area contributed by atoms with E-state index >= 15 is 0 Å². The predicted molar refractivity (Wildman–Crippen MR) is 187 cm³/mol. The van der Waals surface area contributed by atoms with Crippen LogP contribution < -0.4 is 16.0 Å². The first-order valence-electron chi connectivity index (χ1n) is 15.5. The van der Waals surface area contributed by atoms with Gasteiger partial charge in [-0.1, -0.05) is 72.8 Å². The molecule has 0 unspecified atom stereocenters. The van der Waals surface area contributed by atoms with Crippen molar-refractivity contribution in [2.45, 2.75) is 44.2 Å². The number of carboxylic acids is 1. The molecule has 0 saturated heterocycles. The SMILES string of the molecule is O=C(CCCc1ccc(I)cc1)NCc1ccc(C(=O)NCC[C@H](NC(=O)OCC2c3ccccc3-c3ccccc32)C(=O)O)cc1. The van der Waals surface area contributed by atoms with E-state index in [0.717, 1.165) is 40.7 Å². The van der Waals surface area contributed by atoms with E-state index in [0.29, 0.717) is 18.5 Å². The van der Waals surface area contributed by atoms with Crippen molar-refractivity contribution in [1.29, 1.82) is 0 Å². The van der Waals surface area contributed by atoms with Gasteiger partial charge in [0.1, 0.15) is 12.6 Å². The average molecular weight is 746 g/mol. The average Bonchev–Trinajstić information content (AvgIpc) is 3.40. The van der Waals surface area contributed by atoms with Crippen LogP contribution in [0.1, 0.15) is 57.8 Å². The number of amides is 3. The Labute approximate surface area is 287 Å². The smallest absolute Gasteiger partial charge is 0.407 e. The second-order valence-electron chi connectivity index (χ2n) is 11.4. The number of benzene rings is 4. The fourth-order valence-electron chi connectivity index (χ4n) is 5.64. The Morgan fingerprint density at radius 2 is 1.40 bits per heavy atom. The van der Waals surface area contributed by atoms with Gasteiger partial charge in [0.15, 0.2) is 0 Å². The summed E-state index contributed by atoms with van der Waals surface area (Å²) in [5, 5.41) is 17.7. The Balaban J connectivity index is 1.02. The van der Waals surface area contributed by atoms with Gasteiger partial charge in [-0.05, 0) is 99.5 Å². The molecule has 0 saturated carbocycles. The van der Waals surface area contributed by atoms with Crippen molar-refractivity contribution in [2.75, 3.05) is 13.2 Å². The van der Waals surface area contributed by atoms with Crippen LogP contribution in [0.5, 0.6) is 0 Å². The van der Waals surface area contributed by atoms with Crippen molar-refractivity contribution in [2.24, 2.45) is 0 Å². The van der Waals surface area contributed by atoms with E-state index in [2.05, 4.69) is 62.8 Å². The summed E-state index contributed by atoms with van der Waals surface area (Å²) in [5.74, 6) is -1.78. The molecule has 1 aliphatic carbocycles. The first kappa shape index (κ1) is 33.6. The normalized spacial score (nSPS) is 12.4. The maximum atomic E-state index is 12.7. The van der Waals surface area contributed by atoms with E-state index in [-0.39, 0.29) is 37.3 Å². The van der Waals surface area contributed by atoms with Crippen LogP contribution in [0.3, 0.4) is 0 Å². The molecular formula is C37H36IN3O6. The van der Waals surface area contributed by atoms with Crippen LogP contribution in [-0.2, 0) is 27.3 Å². The predicted octanol–water partition coefficient (Wildman–Crippen LogP) is 6.04. The van der Waals surface area contributed by atoms with Crippen LogP contribution in [0, 0.1) is 3.57 Å². The molecule has 0 radical (unpaired) electrons. The molecule has 1 atom stereocenters. The molecule has 0 spiro atoms. The van der Waals surface area contributed by atoms with Gasteiger partial charge in [0.05, 0.1) is 0 Å². The number of hydrogen-bond donors (Lipinski definition) is 4. The van der Waals surface area contributed by atoms with Gasteiger partial charge in [-0.25, -0.2) is 9.59 Å². The molecule has 0 aromatic heterocycles. The number of carbonyl (C=O) groups excluding carboxylic acids is 3. The molecule has 5 rings (SSSR count). The van der Waals surface area contributed by atoms with Gasteiger partial charge in [0.2, 0.25) is 5.91 Å². The molecule has 4 aromatic rings. The molecule has 1 aliphatic rings. The van der Waals surface area contributed by atoms with E-state index in [1.54, 1.807) is 24.3 Å². The second kappa shape index (κ2) is 16.2. The minimum Gasteiger partial charge on any atom is -0.480 e. The van der Waals surface area contributed by atoms with Crippen LogP contribution >= 0.6 is 22.6 Å². The van der Waals surface area contributed by atoms with E-state index in [1.165, 1.54) is 9.13 Å². The highest BCUT2D eigenvalue weighted by molar-refractivity contribution is 14.1. The van der Waals surface area contributed by atoms with Crippen molar-refractivity contribution in [3.05, 3.63) is 128 Å². The molecule has 0 fully saturated rings. The summed E-state index contributed by atoms with van der Waals surface area (Å²) in [7, 11) is 0. The summed E-state index contributed by atoms with van der Waals surface area (Å²) in [4.78, 5) is 49.3. The lowest BCUT2D eigenvalue weighted by atomic mass is 9.98. The molecule has 0 heterocycles. The minimum atomic E-state index is -1.24. The Hall–Kier alpha value is -4.71. The lowest BCUT2D eigenvalue weighted by Crippen LogP contribution is -2.43. The van der Waals surface area contributed by atoms with E-state index in [9.17, 15) is 24.3 Å². The van der Waals surface area contributed by atoms with Crippen LogP contribution in [0.25, 0.3) is 11.1 Å².